The molecular formula is C15H15ClN2O2. The maximum absolute atomic E-state index is 11.7. The van der Waals surface area contributed by atoms with Gasteiger partial charge in [-0.15, -0.1) is 0 Å². The van der Waals surface area contributed by atoms with E-state index in [9.17, 15) is 4.79 Å². The molecule has 20 heavy (non-hydrogen) atoms. The second-order valence-electron chi connectivity index (χ2n) is 4.27. The number of hydrogen-bond acceptors (Lipinski definition) is 3. The summed E-state index contributed by atoms with van der Waals surface area (Å²) in [5, 5.41) is 3.10. The number of hydrogen-bond donors (Lipinski definition) is 2. The Bertz CT molecular complexity index is 588. The zero-order valence-electron chi connectivity index (χ0n) is 10.8. The lowest BCUT2D eigenvalue weighted by Crippen LogP contribution is -2.18. The number of amides is 1. The summed E-state index contributed by atoms with van der Waals surface area (Å²) in [6.45, 7) is 0.346. The molecule has 0 saturated carbocycles. The van der Waals surface area contributed by atoms with E-state index in [-0.39, 0.29) is 12.5 Å². The Kier molecular flexibility index (Phi) is 4.98. The molecule has 0 fully saturated rings. The Morgan fingerprint density at radius 3 is 2.70 bits per heavy atom. The molecule has 0 radical (unpaired) electrons. The highest BCUT2D eigenvalue weighted by molar-refractivity contribution is 6.33. The Morgan fingerprint density at radius 1 is 1.20 bits per heavy atom. The first-order valence-electron chi connectivity index (χ1n) is 6.11. The Labute approximate surface area is 122 Å². The minimum absolute atomic E-state index is 0.0416. The van der Waals surface area contributed by atoms with Crippen molar-refractivity contribution in [1.29, 1.82) is 0 Å². The molecule has 4 nitrogen and oxygen atoms in total. The first-order valence-corrected chi connectivity index (χ1v) is 6.49. The fourth-order valence-corrected chi connectivity index (χ4v) is 1.83. The second kappa shape index (κ2) is 6.93. The molecule has 5 heteroatoms. The predicted octanol–water partition coefficient (Wildman–Crippen LogP) is 3.08. The molecule has 0 atom stereocenters. The lowest BCUT2D eigenvalue weighted by Gasteiger charge is -2.08. The van der Waals surface area contributed by atoms with E-state index in [0.29, 0.717) is 23.0 Å². The molecule has 3 N–H and O–H groups in total. The van der Waals surface area contributed by atoms with Gasteiger partial charge in [0, 0.05) is 5.69 Å². The van der Waals surface area contributed by atoms with Gasteiger partial charge in [0.1, 0.15) is 6.61 Å². The molecule has 0 aliphatic carbocycles. The van der Waals surface area contributed by atoms with Gasteiger partial charge in [-0.1, -0.05) is 41.9 Å². The van der Waals surface area contributed by atoms with E-state index in [4.69, 9.17) is 22.1 Å². The van der Waals surface area contributed by atoms with Gasteiger partial charge in [-0.2, -0.15) is 0 Å². The maximum atomic E-state index is 11.7. The number of nitrogens with two attached hydrogens (primary N) is 1. The van der Waals surface area contributed by atoms with Crippen LogP contribution in [0, 0.1) is 0 Å². The van der Waals surface area contributed by atoms with Crippen LogP contribution in [0.2, 0.25) is 5.02 Å². The average molecular weight is 291 g/mol. The van der Waals surface area contributed by atoms with Crippen LogP contribution in [0.5, 0.6) is 0 Å². The number of nitrogen functional groups attached to an aromatic ring is 1. The molecule has 0 spiro atoms. The summed E-state index contributed by atoms with van der Waals surface area (Å²) in [6.07, 6.45) is 0. The number of carbonyl (C=O) groups excluding carboxylic acids is 1. The van der Waals surface area contributed by atoms with Crippen molar-refractivity contribution in [3.63, 3.8) is 0 Å². The fraction of sp³-hybridized carbons (Fsp3) is 0.133. The summed E-state index contributed by atoms with van der Waals surface area (Å²) in [5.74, 6) is -0.270. The van der Waals surface area contributed by atoms with Gasteiger partial charge in [0.25, 0.3) is 0 Å². The number of nitrogens with one attached hydrogen (secondary N) is 1. The average Bonchev–Trinajstić information content (AvgIpc) is 2.44. The number of halogens is 1. The molecular weight excluding hydrogens is 276 g/mol. The highest BCUT2D eigenvalue weighted by Gasteiger charge is 2.06. The molecule has 0 saturated heterocycles. The predicted molar refractivity (Wildman–Crippen MR) is 80.6 cm³/mol. The number of benzene rings is 2. The summed E-state index contributed by atoms with van der Waals surface area (Å²) < 4.78 is 5.34. The van der Waals surface area contributed by atoms with Crippen molar-refractivity contribution >= 4 is 28.9 Å². The molecule has 0 aliphatic heterocycles. The van der Waals surface area contributed by atoms with Crippen molar-refractivity contribution < 1.29 is 9.53 Å². The zero-order valence-corrected chi connectivity index (χ0v) is 11.6. The van der Waals surface area contributed by atoms with Crippen molar-refractivity contribution in [2.24, 2.45) is 0 Å². The van der Waals surface area contributed by atoms with Crippen molar-refractivity contribution in [1.82, 2.24) is 0 Å². The lowest BCUT2D eigenvalue weighted by molar-refractivity contribution is -0.121. The number of rotatable bonds is 5. The maximum Gasteiger partial charge on any atom is 0.250 e. The van der Waals surface area contributed by atoms with Gasteiger partial charge in [-0.25, -0.2) is 0 Å². The van der Waals surface area contributed by atoms with Gasteiger partial charge in [0.15, 0.2) is 0 Å². The van der Waals surface area contributed by atoms with E-state index in [1.165, 1.54) is 0 Å². The largest absolute Gasteiger partial charge is 0.399 e. The van der Waals surface area contributed by atoms with Crippen LogP contribution in [-0.4, -0.2) is 12.5 Å². The van der Waals surface area contributed by atoms with E-state index in [1.807, 2.05) is 30.3 Å². The molecule has 0 aliphatic rings. The minimum Gasteiger partial charge on any atom is -0.399 e. The van der Waals surface area contributed by atoms with E-state index in [0.717, 1.165) is 5.56 Å². The quantitative estimate of drug-likeness (QED) is 0.832. The smallest absolute Gasteiger partial charge is 0.250 e. The summed E-state index contributed by atoms with van der Waals surface area (Å²) in [7, 11) is 0. The second-order valence-corrected chi connectivity index (χ2v) is 4.67. The molecule has 104 valence electrons. The van der Waals surface area contributed by atoms with Crippen molar-refractivity contribution in [3.8, 4) is 0 Å². The summed E-state index contributed by atoms with van der Waals surface area (Å²) in [4.78, 5) is 11.7. The van der Waals surface area contributed by atoms with Crippen LogP contribution in [0.25, 0.3) is 0 Å². The van der Waals surface area contributed by atoms with Crippen molar-refractivity contribution in [2.75, 3.05) is 17.7 Å². The third kappa shape index (κ3) is 4.26. The third-order valence-corrected chi connectivity index (χ3v) is 2.94. The van der Waals surface area contributed by atoms with Crippen molar-refractivity contribution in [2.45, 2.75) is 6.61 Å². The molecule has 0 bridgehead atoms. The Balaban J connectivity index is 1.82. The van der Waals surface area contributed by atoms with Gasteiger partial charge in [-0.05, 0) is 23.8 Å². The number of anilines is 2. The van der Waals surface area contributed by atoms with Crippen LogP contribution in [0.1, 0.15) is 5.56 Å². The molecule has 0 aromatic heterocycles. The monoisotopic (exact) mass is 290 g/mol. The number of carbonyl (C=O) groups is 1. The number of ether oxygens (including phenoxy) is 1. The first kappa shape index (κ1) is 14.4. The summed E-state index contributed by atoms with van der Waals surface area (Å²) in [5.41, 5.74) is 7.68. The SMILES string of the molecule is Nc1ccc(Cl)c(NC(=O)COCc2ccccc2)c1. The molecule has 2 aromatic carbocycles. The molecule has 2 aromatic rings. The highest BCUT2D eigenvalue weighted by atomic mass is 35.5. The van der Waals surface area contributed by atoms with Gasteiger partial charge in [0.2, 0.25) is 5.91 Å². The van der Waals surface area contributed by atoms with Crippen LogP contribution in [0.15, 0.2) is 48.5 Å². The Morgan fingerprint density at radius 2 is 1.95 bits per heavy atom. The summed E-state index contributed by atoms with van der Waals surface area (Å²) >= 11 is 5.96. The third-order valence-electron chi connectivity index (χ3n) is 2.61. The van der Waals surface area contributed by atoms with E-state index in [1.54, 1.807) is 18.2 Å². The standard InChI is InChI=1S/C15H15ClN2O2/c16-13-7-6-12(17)8-14(13)18-15(19)10-20-9-11-4-2-1-3-5-11/h1-8H,9-10,17H2,(H,18,19). The molecule has 2 rings (SSSR count). The van der Waals surface area contributed by atoms with Gasteiger partial charge < -0.3 is 15.8 Å². The Hall–Kier alpha value is -2.04. The van der Waals surface area contributed by atoms with Gasteiger partial charge in [-0.3, -0.25) is 4.79 Å². The zero-order chi connectivity index (χ0) is 14.4. The van der Waals surface area contributed by atoms with Crippen molar-refractivity contribution in [3.05, 3.63) is 59.1 Å². The molecule has 1 amide bonds. The topological polar surface area (TPSA) is 64.3 Å². The fourth-order valence-electron chi connectivity index (χ4n) is 1.66. The van der Waals surface area contributed by atoms with E-state index in [2.05, 4.69) is 5.32 Å². The lowest BCUT2D eigenvalue weighted by atomic mass is 10.2. The van der Waals surface area contributed by atoms with Crippen LogP contribution >= 0.6 is 11.6 Å². The van der Waals surface area contributed by atoms with E-state index >= 15 is 0 Å². The normalized spacial score (nSPS) is 10.2. The van der Waals surface area contributed by atoms with E-state index < -0.39 is 0 Å². The van der Waals surface area contributed by atoms with Gasteiger partial charge in [0.05, 0.1) is 17.3 Å². The van der Waals surface area contributed by atoms with Crippen LogP contribution in [0.3, 0.4) is 0 Å². The first-order chi connectivity index (χ1) is 9.65. The minimum atomic E-state index is -0.270. The van der Waals surface area contributed by atoms with Crippen LogP contribution in [0.4, 0.5) is 11.4 Å². The molecule has 0 heterocycles. The summed E-state index contributed by atoms with van der Waals surface area (Å²) in [6, 6.07) is 14.6. The highest BCUT2D eigenvalue weighted by Crippen LogP contribution is 2.23. The van der Waals surface area contributed by atoms with Crippen LogP contribution in [-0.2, 0) is 16.1 Å². The van der Waals surface area contributed by atoms with Crippen LogP contribution < -0.4 is 11.1 Å². The molecule has 0 unspecified atom stereocenters. The van der Waals surface area contributed by atoms with Gasteiger partial charge >= 0.3 is 0 Å².